The van der Waals surface area contributed by atoms with E-state index in [4.69, 9.17) is 11.6 Å². The zero-order chi connectivity index (χ0) is 23.5. The maximum Gasteiger partial charge on any atom is 0.246 e. The lowest BCUT2D eigenvalue weighted by Gasteiger charge is -2.31. The van der Waals surface area contributed by atoms with Gasteiger partial charge >= 0.3 is 0 Å². The molecule has 0 radical (unpaired) electrons. The van der Waals surface area contributed by atoms with Crippen LogP contribution in [0.15, 0.2) is 47.4 Å². The molecule has 3 rings (SSSR count). The van der Waals surface area contributed by atoms with E-state index in [9.17, 15) is 26.8 Å². The number of carbonyl (C=O) groups is 2. The van der Waals surface area contributed by atoms with E-state index in [2.05, 4.69) is 10.6 Å². The van der Waals surface area contributed by atoms with E-state index in [1.54, 1.807) is 0 Å². The van der Waals surface area contributed by atoms with Crippen molar-refractivity contribution in [3.63, 3.8) is 0 Å². The topological polar surface area (TPSA) is 95.6 Å². The molecule has 11 heteroatoms. The lowest BCUT2D eigenvalue weighted by molar-refractivity contribution is -0.131. The number of hydrogen-bond acceptors (Lipinski definition) is 4. The van der Waals surface area contributed by atoms with Crippen LogP contribution in [0.4, 0.5) is 8.78 Å². The minimum absolute atomic E-state index is 0.0966. The number of halogens is 3. The summed E-state index contributed by atoms with van der Waals surface area (Å²) in [6.45, 7) is 0.248. The second-order valence-corrected chi connectivity index (χ2v) is 9.74. The zero-order valence-electron chi connectivity index (χ0n) is 17.1. The molecular weight excluding hydrogens is 464 g/mol. The number of carbonyl (C=O) groups excluding carboxylic acids is 2. The molecule has 2 aromatic carbocycles. The molecule has 0 aromatic heterocycles. The number of sulfonamides is 1. The van der Waals surface area contributed by atoms with Crippen LogP contribution in [0, 0.1) is 17.6 Å². The van der Waals surface area contributed by atoms with E-state index in [1.165, 1.54) is 41.7 Å². The normalized spacial score (nSPS) is 16.4. The summed E-state index contributed by atoms with van der Waals surface area (Å²) in [5.74, 6) is -3.79. The highest BCUT2D eigenvalue weighted by Crippen LogP contribution is 2.26. The van der Waals surface area contributed by atoms with Gasteiger partial charge in [0.25, 0.3) is 0 Å². The maximum atomic E-state index is 13.6. The van der Waals surface area contributed by atoms with Gasteiger partial charge in [0.2, 0.25) is 21.8 Å². The monoisotopic (exact) mass is 485 g/mol. The van der Waals surface area contributed by atoms with Crippen LogP contribution in [-0.4, -0.2) is 44.7 Å². The molecule has 0 aliphatic carbocycles. The number of likely N-dealkylation sites (N-methyl/N-ethyl adjacent to an activating group) is 1. The number of nitrogens with one attached hydrogen (secondary N) is 2. The van der Waals surface area contributed by atoms with Crippen molar-refractivity contribution in [3.05, 3.63) is 64.7 Å². The Kier molecular flexibility index (Phi) is 7.47. The minimum Gasteiger partial charge on any atom is -0.357 e. The quantitative estimate of drug-likeness (QED) is 0.657. The first kappa shape index (κ1) is 24.1. The third kappa shape index (κ3) is 5.25. The first-order valence-electron chi connectivity index (χ1n) is 9.86. The van der Waals surface area contributed by atoms with Crippen LogP contribution in [0.2, 0.25) is 5.02 Å². The molecule has 172 valence electrons. The van der Waals surface area contributed by atoms with E-state index in [1.807, 2.05) is 0 Å². The number of hydrogen-bond donors (Lipinski definition) is 2. The van der Waals surface area contributed by atoms with Gasteiger partial charge in [-0.1, -0.05) is 17.7 Å². The molecule has 1 saturated heterocycles. The lowest BCUT2D eigenvalue weighted by Crippen LogP contribution is -2.46. The van der Waals surface area contributed by atoms with Crippen LogP contribution < -0.4 is 10.6 Å². The summed E-state index contributed by atoms with van der Waals surface area (Å²) in [4.78, 5) is 25.1. The maximum absolute atomic E-state index is 13.6. The number of nitrogens with zero attached hydrogens (tertiary/aromatic N) is 1. The minimum atomic E-state index is -3.72. The molecule has 2 amide bonds. The molecule has 0 saturated carbocycles. The molecule has 2 N–H and O–H groups in total. The van der Waals surface area contributed by atoms with E-state index >= 15 is 0 Å². The van der Waals surface area contributed by atoms with Crippen molar-refractivity contribution < 1.29 is 26.8 Å². The highest BCUT2D eigenvalue weighted by Gasteiger charge is 2.34. The van der Waals surface area contributed by atoms with Crippen LogP contribution in [0.1, 0.15) is 24.4 Å². The Morgan fingerprint density at radius 2 is 1.69 bits per heavy atom. The van der Waals surface area contributed by atoms with Crippen LogP contribution in [0.5, 0.6) is 0 Å². The summed E-state index contributed by atoms with van der Waals surface area (Å²) < 4.78 is 53.8. The summed E-state index contributed by atoms with van der Waals surface area (Å²) in [5, 5.41) is 5.38. The van der Waals surface area contributed by atoms with Gasteiger partial charge in [-0.2, -0.15) is 4.31 Å². The number of benzene rings is 2. The highest BCUT2D eigenvalue weighted by molar-refractivity contribution is 7.89. The molecular formula is C21H22ClF2N3O4S. The fraction of sp³-hybridized carbons (Fsp3) is 0.333. The SMILES string of the molecule is CNC(=O)C(NC(=O)C1CCN(S(=O)(=O)c2ccc(Cl)cc2)CC1)c1ccc(F)c(F)c1. The van der Waals surface area contributed by atoms with E-state index in [0.717, 1.165) is 12.1 Å². The van der Waals surface area contributed by atoms with Crippen molar-refractivity contribution >= 4 is 33.4 Å². The Morgan fingerprint density at radius 1 is 1.06 bits per heavy atom. The predicted octanol–water partition coefficient (Wildman–Crippen LogP) is 2.62. The number of rotatable bonds is 6. The molecule has 7 nitrogen and oxygen atoms in total. The largest absolute Gasteiger partial charge is 0.357 e. The third-order valence-electron chi connectivity index (χ3n) is 5.35. The second-order valence-electron chi connectivity index (χ2n) is 7.36. The van der Waals surface area contributed by atoms with E-state index in [-0.39, 0.29) is 36.4 Å². The lowest BCUT2D eigenvalue weighted by atomic mass is 9.96. The van der Waals surface area contributed by atoms with Gasteiger partial charge < -0.3 is 10.6 Å². The van der Waals surface area contributed by atoms with Crippen molar-refractivity contribution in [3.8, 4) is 0 Å². The van der Waals surface area contributed by atoms with Gasteiger partial charge in [-0.05, 0) is 54.8 Å². The summed E-state index contributed by atoms with van der Waals surface area (Å²) in [6, 6.07) is 7.58. The first-order valence-corrected chi connectivity index (χ1v) is 11.7. The average Bonchev–Trinajstić information content (AvgIpc) is 2.79. The average molecular weight is 486 g/mol. The van der Waals surface area contributed by atoms with Gasteiger partial charge in [0.1, 0.15) is 6.04 Å². The van der Waals surface area contributed by atoms with Crippen LogP contribution >= 0.6 is 11.6 Å². The fourth-order valence-electron chi connectivity index (χ4n) is 3.51. The third-order valence-corrected chi connectivity index (χ3v) is 7.51. The van der Waals surface area contributed by atoms with E-state index < -0.39 is 45.4 Å². The molecule has 0 bridgehead atoms. The molecule has 0 spiro atoms. The van der Waals surface area contributed by atoms with Crippen LogP contribution in [-0.2, 0) is 19.6 Å². The van der Waals surface area contributed by atoms with Gasteiger partial charge in [0.05, 0.1) is 4.90 Å². The Labute approximate surface area is 189 Å². The molecule has 1 heterocycles. The van der Waals surface area contributed by atoms with Crippen molar-refractivity contribution in [1.82, 2.24) is 14.9 Å². The molecule has 32 heavy (non-hydrogen) atoms. The van der Waals surface area contributed by atoms with Gasteiger partial charge in [-0.25, -0.2) is 17.2 Å². The van der Waals surface area contributed by atoms with Gasteiger partial charge in [0, 0.05) is 31.1 Å². The number of piperidine rings is 1. The smallest absolute Gasteiger partial charge is 0.246 e. The molecule has 1 unspecified atom stereocenters. The standard InChI is InChI=1S/C21H22ClF2N3O4S/c1-25-21(29)19(14-2-7-17(23)18(24)12-14)26-20(28)13-8-10-27(11-9-13)32(30,31)16-5-3-15(22)4-6-16/h2-7,12-13,19H,8-11H2,1H3,(H,25,29)(H,26,28). The molecule has 2 aromatic rings. The van der Waals surface area contributed by atoms with Crippen molar-refractivity contribution in [2.24, 2.45) is 5.92 Å². The highest BCUT2D eigenvalue weighted by atomic mass is 35.5. The fourth-order valence-corrected chi connectivity index (χ4v) is 5.11. The van der Waals surface area contributed by atoms with Gasteiger partial charge in [-0.3, -0.25) is 9.59 Å². The predicted molar refractivity (Wildman–Crippen MR) is 114 cm³/mol. The summed E-state index contributed by atoms with van der Waals surface area (Å²) >= 11 is 5.82. The second kappa shape index (κ2) is 9.93. The van der Waals surface area contributed by atoms with Gasteiger partial charge in [-0.15, -0.1) is 0 Å². The Hall–Kier alpha value is -2.56. The number of amides is 2. The van der Waals surface area contributed by atoms with Crippen LogP contribution in [0.25, 0.3) is 0 Å². The first-order chi connectivity index (χ1) is 15.1. The molecule has 1 aliphatic heterocycles. The Balaban J connectivity index is 1.67. The summed E-state index contributed by atoms with van der Waals surface area (Å²) in [5.41, 5.74) is 0.0966. The Bertz CT molecular complexity index is 1100. The van der Waals surface area contributed by atoms with E-state index in [0.29, 0.717) is 5.02 Å². The summed E-state index contributed by atoms with van der Waals surface area (Å²) in [6.07, 6.45) is 0.494. The van der Waals surface area contributed by atoms with Crippen molar-refractivity contribution in [1.29, 1.82) is 0 Å². The summed E-state index contributed by atoms with van der Waals surface area (Å²) in [7, 11) is -2.36. The van der Waals surface area contributed by atoms with Crippen molar-refractivity contribution in [2.75, 3.05) is 20.1 Å². The molecule has 1 atom stereocenters. The van der Waals surface area contributed by atoms with Gasteiger partial charge in [0.15, 0.2) is 11.6 Å². The van der Waals surface area contributed by atoms with Crippen molar-refractivity contribution in [2.45, 2.75) is 23.8 Å². The molecule has 1 aliphatic rings. The van der Waals surface area contributed by atoms with Crippen LogP contribution in [0.3, 0.4) is 0 Å². The zero-order valence-corrected chi connectivity index (χ0v) is 18.7. The molecule has 1 fully saturated rings. The Morgan fingerprint density at radius 3 is 2.25 bits per heavy atom.